The van der Waals surface area contributed by atoms with E-state index in [1.807, 2.05) is 0 Å². The van der Waals surface area contributed by atoms with Crippen LogP contribution in [-0.4, -0.2) is 42.0 Å². The molecule has 0 aromatic heterocycles. The van der Waals surface area contributed by atoms with Gasteiger partial charge in [0, 0.05) is 43.5 Å². The van der Waals surface area contributed by atoms with Crippen LogP contribution in [0.3, 0.4) is 0 Å². The van der Waals surface area contributed by atoms with Crippen molar-refractivity contribution in [1.82, 2.24) is 4.90 Å². The number of nitro groups is 1. The molecule has 1 heterocycles. The van der Waals surface area contributed by atoms with E-state index in [-0.39, 0.29) is 17.5 Å². The molecule has 3 rings (SSSR count). The van der Waals surface area contributed by atoms with Crippen LogP contribution in [0.4, 0.5) is 20.2 Å². The fraction of sp³-hybridized carbons (Fsp3) is 0.400. The maximum Gasteiger partial charge on any atom is 0.275 e. The molecule has 144 valence electrons. The van der Waals surface area contributed by atoms with E-state index in [0.717, 1.165) is 44.4 Å². The molecule has 27 heavy (non-hydrogen) atoms. The van der Waals surface area contributed by atoms with Gasteiger partial charge in [0.2, 0.25) is 0 Å². The van der Waals surface area contributed by atoms with E-state index in [1.54, 1.807) is 12.1 Å². The van der Waals surface area contributed by atoms with Crippen LogP contribution < -0.4 is 4.90 Å². The second-order valence-corrected chi connectivity index (χ2v) is 6.92. The summed E-state index contributed by atoms with van der Waals surface area (Å²) in [5, 5.41) is 11.1. The fourth-order valence-electron chi connectivity index (χ4n) is 3.54. The molecule has 1 saturated heterocycles. The van der Waals surface area contributed by atoms with E-state index in [4.69, 9.17) is 0 Å². The summed E-state index contributed by atoms with van der Waals surface area (Å²) < 4.78 is 26.3. The Labute approximate surface area is 157 Å². The molecule has 1 aliphatic heterocycles. The van der Waals surface area contributed by atoms with Gasteiger partial charge in [-0.15, -0.1) is 0 Å². The molecular weight excluding hydrogens is 352 g/mol. The van der Waals surface area contributed by atoms with Crippen molar-refractivity contribution < 1.29 is 13.7 Å². The fourth-order valence-corrected chi connectivity index (χ4v) is 3.54. The van der Waals surface area contributed by atoms with Crippen molar-refractivity contribution in [3.8, 4) is 0 Å². The molecule has 1 aliphatic rings. The van der Waals surface area contributed by atoms with Gasteiger partial charge in [-0.2, -0.15) is 0 Å². The van der Waals surface area contributed by atoms with E-state index in [9.17, 15) is 18.9 Å². The van der Waals surface area contributed by atoms with Crippen molar-refractivity contribution in [1.29, 1.82) is 0 Å². The number of piperazine rings is 1. The van der Waals surface area contributed by atoms with Crippen molar-refractivity contribution in [3.63, 3.8) is 0 Å². The van der Waals surface area contributed by atoms with E-state index >= 15 is 0 Å². The lowest BCUT2D eigenvalue weighted by Crippen LogP contribution is -2.49. The third-order valence-electron chi connectivity index (χ3n) is 5.20. The summed E-state index contributed by atoms with van der Waals surface area (Å²) in [7, 11) is 0. The highest BCUT2D eigenvalue weighted by Crippen LogP contribution is 2.23. The summed E-state index contributed by atoms with van der Waals surface area (Å²) in [6.07, 6.45) is 1.30. The first-order chi connectivity index (χ1) is 12.9. The van der Waals surface area contributed by atoms with Gasteiger partial charge in [0.05, 0.1) is 11.0 Å². The van der Waals surface area contributed by atoms with Crippen LogP contribution in [0.1, 0.15) is 18.9 Å². The summed E-state index contributed by atoms with van der Waals surface area (Å²) in [5.74, 6) is -0.823. The van der Waals surface area contributed by atoms with Crippen LogP contribution in [-0.2, 0) is 6.42 Å². The van der Waals surface area contributed by atoms with E-state index in [0.29, 0.717) is 12.0 Å². The van der Waals surface area contributed by atoms with Gasteiger partial charge in [0.25, 0.3) is 5.69 Å². The highest BCUT2D eigenvalue weighted by atomic mass is 19.1. The first-order valence-corrected chi connectivity index (χ1v) is 9.11. The van der Waals surface area contributed by atoms with Gasteiger partial charge in [-0.3, -0.25) is 15.0 Å². The number of benzene rings is 2. The van der Waals surface area contributed by atoms with Gasteiger partial charge in [-0.25, -0.2) is 8.78 Å². The highest BCUT2D eigenvalue weighted by Gasteiger charge is 2.22. The predicted molar refractivity (Wildman–Crippen MR) is 101 cm³/mol. The zero-order valence-electron chi connectivity index (χ0n) is 15.3. The quantitative estimate of drug-likeness (QED) is 0.565. The number of rotatable bonds is 6. The van der Waals surface area contributed by atoms with Crippen LogP contribution in [0.25, 0.3) is 0 Å². The highest BCUT2D eigenvalue weighted by molar-refractivity contribution is 5.46. The Bertz CT molecular complexity index is 790. The zero-order valence-corrected chi connectivity index (χ0v) is 15.3. The van der Waals surface area contributed by atoms with Gasteiger partial charge >= 0.3 is 0 Å². The standard InChI is InChI=1S/C20H23F2N3O2/c1-15(2-3-16-4-5-18(22)14-20(16)25(26)27)23-10-12-24(13-11-23)19-8-6-17(21)7-9-19/h4-9,14-15H,2-3,10-13H2,1H3. The number of hydrogen-bond acceptors (Lipinski definition) is 4. The Balaban J connectivity index is 1.53. The molecule has 0 radical (unpaired) electrons. The van der Waals surface area contributed by atoms with Gasteiger partial charge in [0.1, 0.15) is 11.6 Å². The summed E-state index contributed by atoms with van der Waals surface area (Å²) in [4.78, 5) is 15.2. The SMILES string of the molecule is CC(CCc1ccc(F)cc1[N+](=O)[O-])N1CCN(c2ccc(F)cc2)CC1. The minimum absolute atomic E-state index is 0.150. The average molecular weight is 375 g/mol. The summed E-state index contributed by atoms with van der Waals surface area (Å²) in [5.41, 5.74) is 1.44. The molecule has 0 bridgehead atoms. The van der Waals surface area contributed by atoms with Crippen LogP contribution in [0.5, 0.6) is 0 Å². The van der Waals surface area contributed by atoms with Crippen molar-refractivity contribution in [2.75, 3.05) is 31.1 Å². The lowest BCUT2D eigenvalue weighted by Gasteiger charge is -2.39. The molecule has 7 heteroatoms. The molecule has 1 unspecified atom stereocenters. The largest absolute Gasteiger partial charge is 0.369 e. The van der Waals surface area contributed by atoms with Gasteiger partial charge in [-0.05, 0) is 56.2 Å². The number of hydrogen-bond donors (Lipinski definition) is 0. The summed E-state index contributed by atoms with van der Waals surface area (Å²) in [6, 6.07) is 10.6. The average Bonchev–Trinajstić information content (AvgIpc) is 2.67. The number of nitrogens with zero attached hydrogens (tertiary/aromatic N) is 3. The smallest absolute Gasteiger partial charge is 0.275 e. The van der Waals surface area contributed by atoms with E-state index < -0.39 is 10.7 Å². The number of anilines is 1. The molecule has 1 atom stereocenters. The molecule has 0 spiro atoms. The molecule has 1 fully saturated rings. The summed E-state index contributed by atoms with van der Waals surface area (Å²) >= 11 is 0. The molecule has 2 aromatic carbocycles. The van der Waals surface area contributed by atoms with E-state index in [2.05, 4.69) is 16.7 Å². The maximum absolute atomic E-state index is 13.3. The Morgan fingerprint density at radius 2 is 1.67 bits per heavy atom. The molecular formula is C20H23F2N3O2. The topological polar surface area (TPSA) is 49.6 Å². The minimum atomic E-state index is -0.588. The van der Waals surface area contributed by atoms with Crippen LogP contribution in [0, 0.1) is 21.7 Å². The van der Waals surface area contributed by atoms with Gasteiger partial charge in [0.15, 0.2) is 0 Å². The monoisotopic (exact) mass is 375 g/mol. The Morgan fingerprint density at radius 1 is 1.04 bits per heavy atom. The number of aryl methyl sites for hydroxylation is 1. The number of nitro benzene ring substituents is 1. The van der Waals surface area contributed by atoms with Crippen molar-refractivity contribution >= 4 is 11.4 Å². The first kappa shape index (κ1) is 19.2. The molecule has 0 saturated carbocycles. The minimum Gasteiger partial charge on any atom is -0.369 e. The Morgan fingerprint density at radius 3 is 2.30 bits per heavy atom. The Kier molecular flexibility index (Phi) is 6.01. The van der Waals surface area contributed by atoms with Crippen LogP contribution >= 0.6 is 0 Å². The van der Waals surface area contributed by atoms with Crippen molar-refractivity contribution in [2.24, 2.45) is 0 Å². The van der Waals surface area contributed by atoms with Crippen LogP contribution in [0.15, 0.2) is 42.5 Å². The van der Waals surface area contributed by atoms with Crippen LogP contribution in [0.2, 0.25) is 0 Å². The third kappa shape index (κ3) is 4.80. The normalized spacial score (nSPS) is 16.3. The second kappa shape index (κ2) is 8.43. The molecule has 2 aromatic rings. The molecule has 0 amide bonds. The second-order valence-electron chi connectivity index (χ2n) is 6.92. The maximum atomic E-state index is 13.3. The van der Waals surface area contributed by atoms with Crippen molar-refractivity contribution in [2.45, 2.75) is 25.8 Å². The third-order valence-corrected chi connectivity index (χ3v) is 5.20. The predicted octanol–water partition coefficient (Wildman–Crippen LogP) is 4.02. The molecule has 0 aliphatic carbocycles. The number of halogens is 2. The zero-order chi connectivity index (χ0) is 19.4. The lowest BCUT2D eigenvalue weighted by atomic mass is 10.0. The first-order valence-electron chi connectivity index (χ1n) is 9.11. The lowest BCUT2D eigenvalue weighted by molar-refractivity contribution is -0.385. The van der Waals surface area contributed by atoms with Gasteiger partial charge in [-0.1, -0.05) is 0 Å². The molecule has 0 N–H and O–H groups in total. The summed E-state index contributed by atoms with van der Waals surface area (Å²) in [6.45, 7) is 5.58. The van der Waals surface area contributed by atoms with Gasteiger partial charge < -0.3 is 4.90 Å². The van der Waals surface area contributed by atoms with Crippen molar-refractivity contribution in [3.05, 3.63) is 69.8 Å². The Hall–Kier alpha value is -2.54. The molecule has 5 nitrogen and oxygen atoms in total. The van der Waals surface area contributed by atoms with E-state index in [1.165, 1.54) is 24.3 Å².